The van der Waals surface area contributed by atoms with Gasteiger partial charge in [-0.2, -0.15) is 0 Å². The quantitative estimate of drug-likeness (QED) is 0.302. The van der Waals surface area contributed by atoms with Gasteiger partial charge in [-0.1, -0.05) is 60.7 Å². The van der Waals surface area contributed by atoms with Crippen LogP contribution in [0.15, 0.2) is 60.7 Å². The van der Waals surface area contributed by atoms with Crippen LogP contribution in [0.3, 0.4) is 0 Å². The second-order valence-corrected chi connectivity index (χ2v) is 9.03. The Labute approximate surface area is 226 Å². The summed E-state index contributed by atoms with van der Waals surface area (Å²) in [4.78, 5) is 48.5. The summed E-state index contributed by atoms with van der Waals surface area (Å²) in [6, 6.07) is 16.9. The highest BCUT2D eigenvalue weighted by Gasteiger charge is 2.50. The summed E-state index contributed by atoms with van der Waals surface area (Å²) in [5, 5.41) is 13.2. The summed E-state index contributed by atoms with van der Waals surface area (Å²) in [5.74, 6) is -1.69. The number of carbonyl (C=O) groups is 4. The molecule has 1 amide bonds. The van der Waals surface area contributed by atoms with Crippen LogP contribution in [0.5, 0.6) is 0 Å². The first-order valence-corrected chi connectivity index (χ1v) is 12.5. The van der Waals surface area contributed by atoms with Crippen LogP contribution in [0.25, 0.3) is 0 Å². The molecular formula is C28H33NO10. The van der Waals surface area contributed by atoms with Crippen molar-refractivity contribution >= 4 is 23.8 Å². The number of esters is 2. The Balaban J connectivity index is 1.75. The van der Waals surface area contributed by atoms with Crippen LogP contribution in [0.1, 0.15) is 37.8 Å². The number of hydrogen-bond donors (Lipinski definition) is 2. The summed E-state index contributed by atoms with van der Waals surface area (Å²) in [7, 11) is 0. The minimum absolute atomic E-state index is 0.0457. The SMILES string of the molecule is CC(=O)CCC(=O)O[C@H]1[C@@H](OC(C)=O)[C@@H](NC(=O)OCc2ccccc2)[C@H](O)O[C@@H]1COCc1ccccc1. The van der Waals surface area contributed by atoms with E-state index in [-0.39, 0.29) is 38.4 Å². The van der Waals surface area contributed by atoms with Crippen molar-refractivity contribution in [2.75, 3.05) is 6.61 Å². The third-order valence-electron chi connectivity index (χ3n) is 5.81. The highest BCUT2D eigenvalue weighted by molar-refractivity contribution is 5.81. The number of ketones is 1. The minimum Gasteiger partial charge on any atom is -0.456 e. The predicted molar refractivity (Wildman–Crippen MR) is 136 cm³/mol. The lowest BCUT2D eigenvalue weighted by molar-refractivity contribution is -0.266. The largest absolute Gasteiger partial charge is 0.456 e. The molecule has 2 N–H and O–H groups in total. The molecule has 0 aromatic heterocycles. The summed E-state index contributed by atoms with van der Waals surface area (Å²) in [6.45, 7) is 2.50. The lowest BCUT2D eigenvalue weighted by Gasteiger charge is -2.43. The molecule has 0 spiro atoms. The topological polar surface area (TPSA) is 147 Å². The fraction of sp³-hybridized carbons (Fsp3) is 0.429. The highest BCUT2D eigenvalue weighted by atomic mass is 16.7. The number of amides is 1. The lowest BCUT2D eigenvalue weighted by atomic mass is 9.96. The van der Waals surface area contributed by atoms with Crippen molar-refractivity contribution in [2.24, 2.45) is 0 Å². The van der Waals surface area contributed by atoms with Gasteiger partial charge < -0.3 is 38.9 Å². The number of carbonyl (C=O) groups excluding carboxylic acids is 4. The van der Waals surface area contributed by atoms with Crippen LogP contribution in [0.4, 0.5) is 4.79 Å². The number of aliphatic hydroxyl groups is 1. The van der Waals surface area contributed by atoms with E-state index in [1.807, 2.05) is 36.4 Å². The van der Waals surface area contributed by atoms with Gasteiger partial charge in [0.05, 0.1) is 19.6 Å². The zero-order valence-electron chi connectivity index (χ0n) is 21.8. The number of nitrogens with one attached hydrogen (secondary N) is 1. The standard InChI is InChI=1S/C28H33NO10/c1-18(30)13-14-23(32)39-25-22(17-35-15-20-9-5-3-6-10-20)38-27(33)24(26(25)37-19(2)31)29-28(34)36-16-21-11-7-4-8-12-21/h3-12,22,24-27,33H,13-17H2,1-2H3,(H,29,34)/t22-,24-,25-,26+,27-/m1/s1. The van der Waals surface area contributed by atoms with E-state index >= 15 is 0 Å². The van der Waals surface area contributed by atoms with Gasteiger partial charge in [0.25, 0.3) is 0 Å². The Morgan fingerprint density at radius 2 is 1.46 bits per heavy atom. The first-order chi connectivity index (χ1) is 18.7. The maximum atomic E-state index is 12.6. The van der Waals surface area contributed by atoms with Crippen molar-refractivity contribution in [3.8, 4) is 0 Å². The molecule has 210 valence electrons. The molecule has 0 aliphatic carbocycles. The number of Topliss-reactive ketones (excluding diaryl/α,β-unsaturated/α-hetero) is 1. The molecule has 5 atom stereocenters. The number of benzene rings is 2. The molecule has 1 saturated heterocycles. The van der Waals surface area contributed by atoms with Crippen LogP contribution in [0.2, 0.25) is 0 Å². The van der Waals surface area contributed by atoms with Crippen LogP contribution in [-0.2, 0) is 51.3 Å². The lowest BCUT2D eigenvalue weighted by Crippen LogP contribution is -2.66. The van der Waals surface area contributed by atoms with Gasteiger partial charge >= 0.3 is 18.0 Å². The van der Waals surface area contributed by atoms with Crippen LogP contribution < -0.4 is 5.32 Å². The minimum atomic E-state index is -1.66. The van der Waals surface area contributed by atoms with Crippen LogP contribution in [0, 0.1) is 0 Å². The molecule has 1 fully saturated rings. The summed E-state index contributed by atoms with van der Waals surface area (Å²) < 4.78 is 27.7. The number of alkyl carbamates (subject to hydrolysis) is 1. The van der Waals surface area contributed by atoms with Gasteiger partial charge in [-0.3, -0.25) is 9.59 Å². The zero-order chi connectivity index (χ0) is 28.2. The third kappa shape index (κ3) is 9.78. The molecule has 1 aliphatic heterocycles. The van der Waals surface area contributed by atoms with E-state index < -0.39 is 48.7 Å². The molecule has 0 saturated carbocycles. The molecular weight excluding hydrogens is 510 g/mol. The van der Waals surface area contributed by atoms with Crippen molar-refractivity contribution in [1.82, 2.24) is 5.32 Å². The summed E-state index contributed by atoms with van der Waals surface area (Å²) in [6.07, 6.45) is -6.51. The van der Waals surface area contributed by atoms with Gasteiger partial charge in [-0.05, 0) is 18.1 Å². The third-order valence-corrected chi connectivity index (χ3v) is 5.81. The van der Waals surface area contributed by atoms with Gasteiger partial charge in [-0.15, -0.1) is 0 Å². The summed E-state index contributed by atoms with van der Waals surface area (Å²) in [5.41, 5.74) is 1.61. The first-order valence-electron chi connectivity index (χ1n) is 12.5. The van der Waals surface area contributed by atoms with Gasteiger partial charge in [0, 0.05) is 13.3 Å². The smallest absolute Gasteiger partial charge is 0.407 e. The van der Waals surface area contributed by atoms with Crippen LogP contribution in [-0.4, -0.2) is 66.2 Å². The number of rotatable bonds is 12. The molecule has 1 heterocycles. The molecule has 1 aliphatic rings. The number of aliphatic hydroxyl groups excluding tert-OH is 1. The molecule has 0 bridgehead atoms. The van der Waals surface area contributed by atoms with E-state index in [2.05, 4.69) is 5.32 Å². The molecule has 2 aromatic carbocycles. The fourth-order valence-electron chi connectivity index (χ4n) is 3.94. The zero-order valence-corrected chi connectivity index (χ0v) is 21.8. The molecule has 39 heavy (non-hydrogen) atoms. The molecule has 0 radical (unpaired) electrons. The second kappa shape index (κ2) is 15.0. The van der Waals surface area contributed by atoms with Crippen molar-refractivity contribution in [3.05, 3.63) is 71.8 Å². The monoisotopic (exact) mass is 543 g/mol. The van der Waals surface area contributed by atoms with Gasteiger partial charge in [0.2, 0.25) is 0 Å². The van der Waals surface area contributed by atoms with E-state index in [1.165, 1.54) is 6.92 Å². The fourth-order valence-corrected chi connectivity index (χ4v) is 3.94. The van der Waals surface area contributed by atoms with E-state index in [0.29, 0.717) is 0 Å². The molecule has 3 rings (SSSR count). The van der Waals surface area contributed by atoms with Crippen molar-refractivity contribution in [3.63, 3.8) is 0 Å². The van der Waals surface area contributed by atoms with E-state index in [4.69, 9.17) is 23.7 Å². The average Bonchev–Trinajstić information content (AvgIpc) is 2.91. The van der Waals surface area contributed by atoms with Gasteiger partial charge in [0.15, 0.2) is 18.5 Å². The summed E-state index contributed by atoms with van der Waals surface area (Å²) >= 11 is 0. The normalized spacial score (nSPS) is 22.4. The Morgan fingerprint density at radius 1 is 0.846 bits per heavy atom. The first kappa shape index (κ1) is 29.8. The molecule has 11 nitrogen and oxygen atoms in total. The maximum absolute atomic E-state index is 12.6. The van der Waals surface area contributed by atoms with E-state index in [1.54, 1.807) is 24.3 Å². The Kier molecular flexibility index (Phi) is 11.4. The maximum Gasteiger partial charge on any atom is 0.407 e. The predicted octanol–water partition coefficient (Wildman–Crippen LogP) is 2.43. The second-order valence-electron chi connectivity index (χ2n) is 9.03. The molecule has 11 heteroatoms. The van der Waals surface area contributed by atoms with Crippen LogP contribution >= 0.6 is 0 Å². The van der Waals surface area contributed by atoms with E-state index in [0.717, 1.165) is 18.1 Å². The van der Waals surface area contributed by atoms with Crippen molar-refractivity contribution < 1.29 is 48.0 Å². The Bertz CT molecular complexity index is 1090. The van der Waals surface area contributed by atoms with Gasteiger partial charge in [0.1, 0.15) is 24.5 Å². The molecule has 2 aromatic rings. The number of hydrogen-bond acceptors (Lipinski definition) is 10. The highest BCUT2D eigenvalue weighted by Crippen LogP contribution is 2.27. The number of ether oxygens (including phenoxy) is 5. The Morgan fingerprint density at radius 3 is 2.05 bits per heavy atom. The van der Waals surface area contributed by atoms with Crippen molar-refractivity contribution in [2.45, 2.75) is 70.5 Å². The van der Waals surface area contributed by atoms with Gasteiger partial charge in [-0.25, -0.2) is 4.79 Å². The van der Waals surface area contributed by atoms with E-state index in [9.17, 15) is 24.3 Å². The molecule has 0 unspecified atom stereocenters. The van der Waals surface area contributed by atoms with Crippen molar-refractivity contribution in [1.29, 1.82) is 0 Å². The average molecular weight is 544 g/mol. The Hall–Kier alpha value is -3.80.